The molecule has 2 rings (SSSR count). The molecule has 1 heterocycles. The first-order valence-corrected chi connectivity index (χ1v) is 6.92. The van der Waals surface area contributed by atoms with Crippen molar-refractivity contribution in [3.63, 3.8) is 0 Å². The van der Waals surface area contributed by atoms with Crippen LogP contribution in [-0.2, 0) is 4.74 Å². The molecular weight excluding hydrogens is 296 g/mol. The minimum absolute atomic E-state index is 0.138. The number of non-ortho nitro benzene ring substituents is 1. The molecule has 110 valence electrons. The van der Waals surface area contributed by atoms with Crippen LogP contribution in [0, 0.1) is 10.1 Å². The topological polar surface area (TPSA) is 111 Å². The SMILES string of the molecule is CCCOC(=O)c1cc([N+](=O)[O-])ccc1Sc1ncn[nH]1. The standard InChI is InChI=1S/C12H12N4O4S/c1-2-5-20-11(17)9-6-8(16(18)19)3-4-10(9)21-12-13-7-14-15-12/h3-4,6-7H,2,5H2,1H3,(H,13,14,15). The van der Waals surface area contributed by atoms with Gasteiger partial charge in [-0.1, -0.05) is 6.92 Å². The van der Waals surface area contributed by atoms with Gasteiger partial charge in [-0.05, 0) is 24.2 Å². The van der Waals surface area contributed by atoms with E-state index in [2.05, 4.69) is 15.2 Å². The highest BCUT2D eigenvalue weighted by Crippen LogP contribution is 2.30. The highest BCUT2D eigenvalue weighted by Gasteiger charge is 2.19. The monoisotopic (exact) mass is 308 g/mol. The molecule has 0 aliphatic rings. The van der Waals surface area contributed by atoms with Gasteiger partial charge in [0.05, 0.1) is 17.1 Å². The number of ether oxygens (including phenoxy) is 1. The fourth-order valence-electron chi connectivity index (χ4n) is 1.50. The van der Waals surface area contributed by atoms with E-state index in [4.69, 9.17) is 4.74 Å². The van der Waals surface area contributed by atoms with E-state index >= 15 is 0 Å². The summed E-state index contributed by atoms with van der Waals surface area (Å²) < 4.78 is 5.05. The van der Waals surface area contributed by atoms with Gasteiger partial charge in [0.1, 0.15) is 6.33 Å². The molecule has 0 spiro atoms. The van der Waals surface area contributed by atoms with Crippen LogP contribution >= 0.6 is 11.8 Å². The summed E-state index contributed by atoms with van der Waals surface area (Å²) in [5.41, 5.74) is -0.0283. The van der Waals surface area contributed by atoms with Crippen molar-refractivity contribution in [3.05, 3.63) is 40.2 Å². The van der Waals surface area contributed by atoms with E-state index in [0.29, 0.717) is 16.5 Å². The molecule has 0 radical (unpaired) electrons. The number of esters is 1. The summed E-state index contributed by atoms with van der Waals surface area (Å²) in [5.74, 6) is -0.595. The minimum Gasteiger partial charge on any atom is -0.462 e. The van der Waals surface area contributed by atoms with E-state index in [1.807, 2.05) is 6.92 Å². The Balaban J connectivity index is 2.33. The molecular formula is C12H12N4O4S. The molecule has 0 saturated heterocycles. The average Bonchev–Trinajstić information content (AvgIpc) is 2.97. The summed E-state index contributed by atoms with van der Waals surface area (Å²) in [7, 11) is 0. The number of aromatic nitrogens is 3. The molecule has 2 aromatic rings. The highest BCUT2D eigenvalue weighted by atomic mass is 32.2. The van der Waals surface area contributed by atoms with Gasteiger partial charge < -0.3 is 4.74 Å². The molecule has 1 aromatic carbocycles. The third-order valence-electron chi connectivity index (χ3n) is 2.43. The lowest BCUT2D eigenvalue weighted by Crippen LogP contribution is -2.08. The molecule has 21 heavy (non-hydrogen) atoms. The van der Waals surface area contributed by atoms with E-state index in [1.165, 1.54) is 24.5 Å². The number of rotatable bonds is 6. The van der Waals surface area contributed by atoms with Crippen molar-refractivity contribution in [2.75, 3.05) is 6.61 Å². The van der Waals surface area contributed by atoms with Crippen LogP contribution in [0.4, 0.5) is 5.69 Å². The average molecular weight is 308 g/mol. The van der Waals surface area contributed by atoms with Gasteiger partial charge in [0.2, 0.25) is 0 Å². The van der Waals surface area contributed by atoms with Crippen LogP contribution in [0.5, 0.6) is 0 Å². The molecule has 0 fully saturated rings. The Morgan fingerprint density at radius 1 is 1.52 bits per heavy atom. The van der Waals surface area contributed by atoms with Crippen molar-refractivity contribution in [2.45, 2.75) is 23.4 Å². The predicted molar refractivity (Wildman–Crippen MR) is 74.2 cm³/mol. The maximum atomic E-state index is 12.0. The summed E-state index contributed by atoms with van der Waals surface area (Å²) in [5, 5.41) is 17.7. The lowest BCUT2D eigenvalue weighted by molar-refractivity contribution is -0.384. The highest BCUT2D eigenvalue weighted by molar-refractivity contribution is 7.99. The number of hydrogen-bond donors (Lipinski definition) is 1. The molecule has 0 unspecified atom stereocenters. The second-order valence-corrected chi connectivity index (χ2v) is 5.00. The number of nitrogens with zero attached hydrogens (tertiary/aromatic N) is 3. The Morgan fingerprint density at radius 2 is 2.33 bits per heavy atom. The number of nitrogens with one attached hydrogen (secondary N) is 1. The molecule has 0 saturated carbocycles. The number of benzene rings is 1. The first-order valence-electron chi connectivity index (χ1n) is 6.10. The van der Waals surface area contributed by atoms with E-state index in [-0.39, 0.29) is 17.9 Å². The Labute approximate surface area is 124 Å². The van der Waals surface area contributed by atoms with Crippen molar-refractivity contribution in [3.8, 4) is 0 Å². The number of carbonyl (C=O) groups excluding carboxylic acids is 1. The Bertz CT molecular complexity index is 645. The van der Waals surface area contributed by atoms with E-state index in [1.54, 1.807) is 0 Å². The minimum atomic E-state index is -0.595. The summed E-state index contributed by atoms with van der Waals surface area (Å²) in [4.78, 5) is 26.8. The van der Waals surface area contributed by atoms with Crippen LogP contribution in [-0.4, -0.2) is 32.7 Å². The first-order chi connectivity index (χ1) is 10.1. The van der Waals surface area contributed by atoms with Crippen LogP contribution in [0.3, 0.4) is 0 Å². The largest absolute Gasteiger partial charge is 0.462 e. The number of aromatic amines is 1. The molecule has 0 aliphatic heterocycles. The molecule has 0 aliphatic carbocycles. The third-order valence-corrected chi connectivity index (χ3v) is 3.40. The van der Waals surface area contributed by atoms with Crippen LogP contribution in [0.25, 0.3) is 0 Å². The van der Waals surface area contributed by atoms with E-state index < -0.39 is 10.9 Å². The molecule has 0 bridgehead atoms. The lowest BCUT2D eigenvalue weighted by Gasteiger charge is -2.07. The van der Waals surface area contributed by atoms with E-state index in [9.17, 15) is 14.9 Å². The maximum Gasteiger partial charge on any atom is 0.339 e. The normalized spacial score (nSPS) is 10.3. The number of nitro benzene ring substituents is 1. The van der Waals surface area contributed by atoms with E-state index in [0.717, 1.165) is 11.8 Å². The van der Waals surface area contributed by atoms with Gasteiger partial charge in [0.15, 0.2) is 5.16 Å². The lowest BCUT2D eigenvalue weighted by atomic mass is 10.2. The number of hydrogen-bond acceptors (Lipinski definition) is 7. The summed E-state index contributed by atoms with van der Waals surface area (Å²) in [6.45, 7) is 2.12. The fraction of sp³-hybridized carbons (Fsp3) is 0.250. The van der Waals surface area contributed by atoms with Crippen molar-refractivity contribution in [1.82, 2.24) is 15.2 Å². The Kier molecular flexibility index (Phi) is 4.88. The van der Waals surface area contributed by atoms with Crippen LogP contribution in [0.2, 0.25) is 0 Å². The Hall–Kier alpha value is -2.42. The summed E-state index contributed by atoms with van der Waals surface area (Å²) >= 11 is 1.15. The zero-order valence-corrected chi connectivity index (χ0v) is 11.9. The second-order valence-electron chi connectivity index (χ2n) is 3.97. The number of carbonyl (C=O) groups is 1. The first kappa shape index (κ1) is 15.0. The van der Waals surface area contributed by atoms with Crippen molar-refractivity contribution in [1.29, 1.82) is 0 Å². The number of nitro groups is 1. The smallest absolute Gasteiger partial charge is 0.339 e. The molecule has 8 nitrogen and oxygen atoms in total. The van der Waals surface area contributed by atoms with Gasteiger partial charge in [0.25, 0.3) is 5.69 Å². The van der Waals surface area contributed by atoms with Crippen LogP contribution in [0.15, 0.2) is 34.6 Å². The zero-order chi connectivity index (χ0) is 15.2. The van der Waals surface area contributed by atoms with Crippen molar-refractivity contribution < 1.29 is 14.5 Å². The van der Waals surface area contributed by atoms with Gasteiger partial charge in [0, 0.05) is 17.0 Å². The Morgan fingerprint density at radius 3 is 2.95 bits per heavy atom. The molecule has 1 N–H and O–H groups in total. The summed E-state index contributed by atoms with van der Waals surface area (Å²) in [6, 6.07) is 4.03. The predicted octanol–water partition coefficient (Wildman–Crippen LogP) is 2.43. The van der Waals surface area contributed by atoms with Gasteiger partial charge in [-0.3, -0.25) is 15.2 Å². The maximum absolute atomic E-state index is 12.0. The molecule has 1 aromatic heterocycles. The van der Waals surface area contributed by atoms with Crippen LogP contribution < -0.4 is 0 Å². The molecule has 0 amide bonds. The van der Waals surface area contributed by atoms with Gasteiger partial charge in [-0.15, -0.1) is 0 Å². The number of H-pyrrole nitrogens is 1. The van der Waals surface area contributed by atoms with Gasteiger partial charge in [-0.25, -0.2) is 9.78 Å². The molecule has 0 atom stereocenters. The fourth-order valence-corrected chi connectivity index (χ4v) is 2.29. The second kappa shape index (κ2) is 6.84. The summed E-state index contributed by atoms with van der Waals surface area (Å²) in [6.07, 6.45) is 2.01. The van der Waals surface area contributed by atoms with Gasteiger partial charge >= 0.3 is 5.97 Å². The quantitative estimate of drug-likeness (QED) is 0.495. The van der Waals surface area contributed by atoms with Crippen molar-refractivity contribution >= 4 is 23.4 Å². The van der Waals surface area contributed by atoms with Gasteiger partial charge in [-0.2, -0.15) is 5.10 Å². The van der Waals surface area contributed by atoms with Crippen LogP contribution in [0.1, 0.15) is 23.7 Å². The zero-order valence-electron chi connectivity index (χ0n) is 11.1. The van der Waals surface area contributed by atoms with Crippen molar-refractivity contribution in [2.24, 2.45) is 0 Å². The molecule has 9 heteroatoms. The third kappa shape index (κ3) is 3.78.